The van der Waals surface area contributed by atoms with Crippen LogP contribution in [0, 0.1) is 11.6 Å². The molecule has 4 rings (SSSR count). The zero-order chi connectivity index (χ0) is 19.5. The molecule has 0 saturated carbocycles. The summed E-state index contributed by atoms with van der Waals surface area (Å²) in [6.45, 7) is 0.505. The number of thiazole rings is 1. The predicted octanol–water partition coefficient (Wildman–Crippen LogP) is 5.38. The number of rotatable bonds is 5. The van der Waals surface area contributed by atoms with Crippen molar-refractivity contribution in [3.63, 3.8) is 0 Å². The molecule has 0 amide bonds. The minimum Gasteiger partial charge on any atom is -0.497 e. The van der Waals surface area contributed by atoms with Crippen molar-refractivity contribution >= 4 is 17.0 Å². The highest BCUT2D eigenvalue weighted by Crippen LogP contribution is 2.24. The molecule has 28 heavy (non-hydrogen) atoms. The molecule has 0 aliphatic rings. The summed E-state index contributed by atoms with van der Waals surface area (Å²) < 4.78 is 40.0. The van der Waals surface area contributed by atoms with E-state index < -0.39 is 11.6 Å². The minimum atomic E-state index is -0.705. The Morgan fingerprint density at radius 3 is 2.61 bits per heavy atom. The van der Waals surface area contributed by atoms with Gasteiger partial charge >= 0.3 is 0 Å². The Morgan fingerprint density at radius 1 is 1.11 bits per heavy atom. The normalized spacial score (nSPS) is 11.8. The Bertz CT molecular complexity index is 1150. The molecule has 7 heteroatoms. The van der Waals surface area contributed by atoms with Crippen LogP contribution in [-0.2, 0) is 6.54 Å². The van der Waals surface area contributed by atoms with Crippen LogP contribution in [0.15, 0.2) is 75.7 Å². The second-order valence-corrected chi connectivity index (χ2v) is 6.86. The van der Waals surface area contributed by atoms with Gasteiger partial charge in [0.1, 0.15) is 17.3 Å². The highest BCUT2D eigenvalue weighted by Gasteiger charge is 2.12. The zero-order valence-corrected chi connectivity index (χ0v) is 15.7. The standard InChI is InChI=1S/C21H16F2N2O2S/c1-26-16-7-4-14(5-8-16)12-25-19(20-3-2-10-27-20)13-28-21(25)24-18-9-6-15(22)11-17(18)23/h2-11,13H,12H2,1H3. The van der Waals surface area contributed by atoms with E-state index in [-0.39, 0.29) is 5.69 Å². The molecule has 0 spiro atoms. The number of halogens is 2. The van der Waals surface area contributed by atoms with Gasteiger partial charge in [0, 0.05) is 11.4 Å². The lowest BCUT2D eigenvalue weighted by Gasteiger charge is -2.09. The summed E-state index contributed by atoms with van der Waals surface area (Å²) in [5, 5.41) is 1.91. The van der Waals surface area contributed by atoms with Crippen LogP contribution in [0.25, 0.3) is 11.5 Å². The molecule has 0 bridgehead atoms. The van der Waals surface area contributed by atoms with Gasteiger partial charge in [0.05, 0.1) is 25.6 Å². The van der Waals surface area contributed by atoms with Gasteiger partial charge in [-0.15, -0.1) is 11.3 Å². The van der Waals surface area contributed by atoms with Crippen molar-refractivity contribution in [1.29, 1.82) is 0 Å². The lowest BCUT2D eigenvalue weighted by Crippen LogP contribution is -2.16. The van der Waals surface area contributed by atoms with Gasteiger partial charge in [-0.3, -0.25) is 0 Å². The first-order chi connectivity index (χ1) is 13.6. The monoisotopic (exact) mass is 398 g/mol. The number of furan rings is 1. The number of hydrogen-bond acceptors (Lipinski definition) is 4. The van der Waals surface area contributed by atoms with Crippen LogP contribution in [0.4, 0.5) is 14.5 Å². The van der Waals surface area contributed by atoms with Crippen molar-refractivity contribution in [1.82, 2.24) is 4.57 Å². The fourth-order valence-electron chi connectivity index (χ4n) is 2.78. The quantitative estimate of drug-likeness (QED) is 0.453. The van der Waals surface area contributed by atoms with E-state index in [2.05, 4.69) is 4.99 Å². The minimum absolute atomic E-state index is 0.0812. The van der Waals surface area contributed by atoms with Crippen molar-refractivity contribution in [3.8, 4) is 17.2 Å². The van der Waals surface area contributed by atoms with Crippen LogP contribution in [0.1, 0.15) is 5.56 Å². The average Bonchev–Trinajstić information content (AvgIpc) is 3.35. The fraction of sp³-hybridized carbons (Fsp3) is 0.0952. The van der Waals surface area contributed by atoms with Crippen LogP contribution >= 0.6 is 11.3 Å². The third-order valence-electron chi connectivity index (χ3n) is 4.20. The topological polar surface area (TPSA) is 39.7 Å². The lowest BCUT2D eigenvalue weighted by atomic mass is 10.2. The van der Waals surface area contributed by atoms with Crippen molar-refractivity contribution < 1.29 is 17.9 Å². The molecular weight excluding hydrogens is 382 g/mol. The first-order valence-electron chi connectivity index (χ1n) is 8.49. The second kappa shape index (κ2) is 7.82. The lowest BCUT2D eigenvalue weighted by molar-refractivity contribution is 0.414. The van der Waals surface area contributed by atoms with E-state index in [1.165, 1.54) is 23.5 Å². The van der Waals surface area contributed by atoms with Crippen LogP contribution in [0.2, 0.25) is 0 Å². The average molecular weight is 398 g/mol. The van der Waals surface area contributed by atoms with Gasteiger partial charge in [0.25, 0.3) is 0 Å². The van der Waals surface area contributed by atoms with Crippen molar-refractivity contribution in [3.05, 3.63) is 88.2 Å². The van der Waals surface area contributed by atoms with Gasteiger partial charge in [-0.25, -0.2) is 13.8 Å². The van der Waals surface area contributed by atoms with Crippen LogP contribution in [-0.4, -0.2) is 11.7 Å². The molecule has 0 radical (unpaired) electrons. The van der Waals surface area contributed by atoms with Gasteiger partial charge in [-0.1, -0.05) is 12.1 Å². The third kappa shape index (κ3) is 3.75. The van der Waals surface area contributed by atoms with Crippen molar-refractivity contribution in [2.45, 2.75) is 6.54 Å². The second-order valence-electron chi connectivity index (χ2n) is 6.02. The number of hydrogen-bond donors (Lipinski definition) is 0. The molecule has 0 unspecified atom stereocenters. The van der Waals surface area contributed by atoms with Gasteiger partial charge in [0.15, 0.2) is 16.4 Å². The summed E-state index contributed by atoms with van der Waals surface area (Å²) in [5.41, 5.74) is 1.93. The van der Waals surface area contributed by atoms with Gasteiger partial charge in [-0.2, -0.15) is 0 Å². The Morgan fingerprint density at radius 2 is 1.93 bits per heavy atom. The number of ether oxygens (including phenoxy) is 1. The van der Waals surface area contributed by atoms with Crippen molar-refractivity contribution in [2.24, 2.45) is 4.99 Å². The first-order valence-corrected chi connectivity index (χ1v) is 9.37. The molecule has 4 aromatic rings. The van der Waals surface area contributed by atoms with E-state index >= 15 is 0 Å². The molecule has 2 aromatic heterocycles. The maximum atomic E-state index is 14.1. The molecule has 0 fully saturated rings. The number of aromatic nitrogens is 1. The molecule has 2 aromatic carbocycles. The van der Waals surface area contributed by atoms with Crippen LogP contribution in [0.3, 0.4) is 0 Å². The number of benzene rings is 2. The van der Waals surface area contributed by atoms with E-state index in [1.54, 1.807) is 19.4 Å². The molecular formula is C21H16F2N2O2S. The Kier molecular flexibility index (Phi) is 5.08. The molecule has 0 aliphatic carbocycles. The summed E-state index contributed by atoms with van der Waals surface area (Å²) in [6.07, 6.45) is 1.60. The zero-order valence-electron chi connectivity index (χ0n) is 14.9. The highest BCUT2D eigenvalue weighted by molar-refractivity contribution is 7.07. The Balaban J connectivity index is 1.81. The number of nitrogens with zero attached hydrogens (tertiary/aromatic N) is 2. The van der Waals surface area contributed by atoms with E-state index in [0.717, 1.165) is 23.1 Å². The smallest absolute Gasteiger partial charge is 0.190 e. The summed E-state index contributed by atoms with van der Waals surface area (Å²) >= 11 is 1.36. The van der Waals surface area contributed by atoms with Gasteiger partial charge in [-0.05, 0) is 42.0 Å². The summed E-state index contributed by atoms with van der Waals surface area (Å²) in [7, 11) is 1.62. The summed E-state index contributed by atoms with van der Waals surface area (Å²) in [4.78, 5) is 4.99. The molecule has 4 nitrogen and oxygen atoms in total. The maximum Gasteiger partial charge on any atom is 0.190 e. The highest BCUT2D eigenvalue weighted by atomic mass is 32.1. The van der Waals surface area contributed by atoms with E-state index in [1.807, 2.05) is 40.3 Å². The molecule has 0 aliphatic heterocycles. The van der Waals surface area contributed by atoms with Gasteiger partial charge in [0.2, 0.25) is 0 Å². The molecule has 0 saturated heterocycles. The van der Waals surface area contributed by atoms with Gasteiger partial charge < -0.3 is 13.7 Å². The number of methoxy groups -OCH3 is 1. The molecule has 0 atom stereocenters. The largest absolute Gasteiger partial charge is 0.497 e. The van der Waals surface area contributed by atoms with Crippen LogP contribution in [0.5, 0.6) is 5.75 Å². The molecule has 142 valence electrons. The summed E-state index contributed by atoms with van der Waals surface area (Å²) in [6, 6.07) is 14.7. The fourth-order valence-corrected chi connectivity index (χ4v) is 3.68. The Hall–Kier alpha value is -3.19. The summed E-state index contributed by atoms with van der Waals surface area (Å²) in [5.74, 6) is 0.114. The predicted molar refractivity (Wildman–Crippen MR) is 104 cm³/mol. The SMILES string of the molecule is COc1ccc(Cn2c(-c3ccco3)csc2=Nc2ccc(F)cc2F)cc1. The van der Waals surface area contributed by atoms with E-state index in [9.17, 15) is 8.78 Å². The molecule has 0 N–H and O–H groups in total. The maximum absolute atomic E-state index is 14.1. The van der Waals surface area contributed by atoms with E-state index in [0.29, 0.717) is 17.1 Å². The van der Waals surface area contributed by atoms with Crippen LogP contribution < -0.4 is 9.54 Å². The molecule has 2 heterocycles. The third-order valence-corrected chi connectivity index (χ3v) is 5.06. The Labute approximate surface area is 164 Å². The van der Waals surface area contributed by atoms with E-state index in [4.69, 9.17) is 9.15 Å². The van der Waals surface area contributed by atoms with Crippen molar-refractivity contribution in [2.75, 3.05) is 7.11 Å². The first kappa shape index (κ1) is 18.2.